The topological polar surface area (TPSA) is 110 Å². The Morgan fingerprint density at radius 2 is 1.76 bits per heavy atom. The van der Waals surface area contributed by atoms with Gasteiger partial charge in [-0.05, 0) is 62.7 Å². The van der Waals surface area contributed by atoms with Crippen LogP contribution in [0.25, 0.3) is 0 Å². The fraction of sp³-hybridized carbons (Fsp3) is 0.344. The van der Waals surface area contributed by atoms with E-state index in [-0.39, 0.29) is 31.3 Å². The summed E-state index contributed by atoms with van der Waals surface area (Å²) >= 11 is 0. The molecular formula is C32H35N3O6. The van der Waals surface area contributed by atoms with Crippen LogP contribution in [0.15, 0.2) is 72.8 Å². The fourth-order valence-electron chi connectivity index (χ4n) is 4.17. The molecule has 0 radical (unpaired) electrons. The molecule has 1 N–H and O–H groups in total. The van der Waals surface area contributed by atoms with E-state index in [1.165, 1.54) is 0 Å². The van der Waals surface area contributed by atoms with Crippen LogP contribution < -0.4 is 19.5 Å². The Kier molecular flexibility index (Phi) is 9.69. The van der Waals surface area contributed by atoms with Gasteiger partial charge in [-0.15, -0.1) is 0 Å². The molecule has 1 heterocycles. The Morgan fingerprint density at radius 1 is 1.00 bits per heavy atom. The molecule has 2 amide bonds. The van der Waals surface area contributed by atoms with Crippen molar-refractivity contribution in [3.05, 3.63) is 89.5 Å². The number of nitrogens with zero attached hydrogens (tertiary/aromatic N) is 2. The van der Waals surface area contributed by atoms with Gasteiger partial charge in [0.2, 0.25) is 0 Å². The predicted molar refractivity (Wildman–Crippen MR) is 153 cm³/mol. The second-order valence-electron chi connectivity index (χ2n) is 10.6. The lowest BCUT2D eigenvalue weighted by Gasteiger charge is -2.24. The summed E-state index contributed by atoms with van der Waals surface area (Å²) in [5.41, 5.74) is 1.41. The lowest BCUT2D eigenvalue weighted by atomic mass is 10.2. The van der Waals surface area contributed by atoms with E-state index in [2.05, 4.69) is 11.4 Å². The number of likely N-dealkylation sites (tertiary alicyclic amines) is 1. The average Bonchev–Trinajstić information content (AvgIpc) is 3.43. The summed E-state index contributed by atoms with van der Waals surface area (Å²) in [6, 6.07) is 23.7. The predicted octanol–water partition coefficient (Wildman–Crippen LogP) is 5.33. The van der Waals surface area contributed by atoms with E-state index in [1.54, 1.807) is 47.4 Å². The van der Waals surface area contributed by atoms with Crippen LogP contribution in [0.4, 0.5) is 4.79 Å². The molecule has 41 heavy (non-hydrogen) atoms. The van der Waals surface area contributed by atoms with Crippen LogP contribution in [-0.4, -0.2) is 54.8 Å². The van der Waals surface area contributed by atoms with Crippen molar-refractivity contribution in [1.29, 1.82) is 5.26 Å². The molecular weight excluding hydrogens is 522 g/mol. The Hall–Kier alpha value is -4.71. The van der Waals surface area contributed by atoms with Crippen LogP contribution in [0, 0.1) is 11.3 Å². The Morgan fingerprint density at radius 3 is 2.46 bits per heavy atom. The molecule has 1 saturated heterocycles. The van der Waals surface area contributed by atoms with Crippen LogP contribution in [0.2, 0.25) is 0 Å². The minimum Gasteiger partial charge on any atom is -0.489 e. The van der Waals surface area contributed by atoms with Gasteiger partial charge < -0.3 is 29.2 Å². The maximum atomic E-state index is 12.6. The number of rotatable bonds is 10. The lowest BCUT2D eigenvalue weighted by molar-refractivity contribution is 0.0275. The summed E-state index contributed by atoms with van der Waals surface area (Å²) in [5.74, 6) is 1.34. The van der Waals surface area contributed by atoms with E-state index in [1.807, 2.05) is 51.1 Å². The van der Waals surface area contributed by atoms with Gasteiger partial charge in [0.25, 0.3) is 5.91 Å². The molecule has 3 aromatic carbocycles. The molecule has 9 nitrogen and oxygen atoms in total. The molecule has 0 bridgehead atoms. The molecule has 9 heteroatoms. The first-order valence-electron chi connectivity index (χ1n) is 13.6. The molecule has 1 aliphatic heterocycles. The fourth-order valence-corrected chi connectivity index (χ4v) is 4.17. The average molecular weight is 558 g/mol. The molecule has 1 fully saturated rings. The third kappa shape index (κ3) is 8.90. The minimum absolute atomic E-state index is 0.138. The van der Waals surface area contributed by atoms with Crippen LogP contribution in [0.1, 0.15) is 48.7 Å². The summed E-state index contributed by atoms with van der Waals surface area (Å²) in [5, 5.41) is 12.1. The van der Waals surface area contributed by atoms with Crippen molar-refractivity contribution in [1.82, 2.24) is 10.2 Å². The van der Waals surface area contributed by atoms with E-state index < -0.39 is 5.60 Å². The van der Waals surface area contributed by atoms with E-state index in [9.17, 15) is 14.9 Å². The molecule has 1 aliphatic rings. The summed E-state index contributed by atoms with van der Waals surface area (Å²) in [7, 11) is 0. The van der Waals surface area contributed by atoms with Crippen molar-refractivity contribution in [3.63, 3.8) is 0 Å². The molecule has 214 valence electrons. The van der Waals surface area contributed by atoms with Crippen molar-refractivity contribution in [2.45, 2.75) is 45.5 Å². The molecule has 0 spiro atoms. The first kappa shape index (κ1) is 29.3. The SMILES string of the molecule is CC(C)(C)OC(=O)N1CC[C@@H](Oc2ccc(C(=O)NCCOc3cc(C#N)ccc3OCc3ccccc3)cc2)C1. The van der Waals surface area contributed by atoms with Gasteiger partial charge in [-0.3, -0.25) is 4.79 Å². The second-order valence-corrected chi connectivity index (χ2v) is 10.6. The first-order chi connectivity index (χ1) is 19.7. The van der Waals surface area contributed by atoms with Crippen molar-refractivity contribution in [2.24, 2.45) is 0 Å². The van der Waals surface area contributed by atoms with Gasteiger partial charge >= 0.3 is 6.09 Å². The number of carbonyl (C=O) groups is 2. The maximum absolute atomic E-state index is 12.6. The zero-order chi connectivity index (χ0) is 29.2. The molecule has 0 aromatic heterocycles. The number of amides is 2. The Balaban J connectivity index is 1.22. The summed E-state index contributed by atoms with van der Waals surface area (Å²) in [6.45, 7) is 7.36. The van der Waals surface area contributed by atoms with Crippen molar-refractivity contribution in [3.8, 4) is 23.3 Å². The van der Waals surface area contributed by atoms with Gasteiger partial charge in [-0.1, -0.05) is 30.3 Å². The molecule has 3 aromatic rings. The van der Waals surface area contributed by atoms with E-state index in [4.69, 9.17) is 18.9 Å². The molecule has 4 rings (SSSR count). The number of carbonyl (C=O) groups excluding carboxylic acids is 2. The van der Waals surface area contributed by atoms with E-state index in [0.29, 0.717) is 54.5 Å². The smallest absolute Gasteiger partial charge is 0.410 e. The first-order valence-corrected chi connectivity index (χ1v) is 13.6. The van der Waals surface area contributed by atoms with Crippen molar-refractivity contribution < 1.29 is 28.5 Å². The quantitative estimate of drug-likeness (QED) is 0.335. The standard InChI is InChI=1S/C32H35N3O6/c1-32(2,3)41-31(37)35-17-15-27(21-35)40-26-12-10-25(11-13-26)30(36)34-16-18-38-29-19-24(20-33)9-14-28(29)39-22-23-7-5-4-6-8-23/h4-14,19,27H,15-18,21-22H2,1-3H3,(H,34,36)/t27-/m1/s1. The molecule has 0 unspecified atom stereocenters. The largest absolute Gasteiger partial charge is 0.489 e. The number of hydrogen-bond acceptors (Lipinski definition) is 7. The maximum Gasteiger partial charge on any atom is 0.410 e. The van der Waals surface area contributed by atoms with Gasteiger partial charge in [0, 0.05) is 24.6 Å². The number of benzene rings is 3. The van der Waals surface area contributed by atoms with Gasteiger partial charge in [0.1, 0.15) is 30.7 Å². The van der Waals surface area contributed by atoms with E-state index in [0.717, 1.165) is 5.56 Å². The third-order valence-electron chi connectivity index (χ3n) is 6.17. The van der Waals surface area contributed by atoms with Crippen LogP contribution in [-0.2, 0) is 11.3 Å². The monoisotopic (exact) mass is 557 g/mol. The Bertz CT molecular complexity index is 1360. The van der Waals surface area contributed by atoms with E-state index >= 15 is 0 Å². The highest BCUT2D eigenvalue weighted by atomic mass is 16.6. The summed E-state index contributed by atoms with van der Waals surface area (Å²) in [6.07, 6.45) is 0.228. The minimum atomic E-state index is -0.541. The third-order valence-corrected chi connectivity index (χ3v) is 6.17. The highest BCUT2D eigenvalue weighted by Crippen LogP contribution is 2.29. The number of hydrogen-bond donors (Lipinski definition) is 1. The van der Waals surface area contributed by atoms with Gasteiger partial charge in [-0.25, -0.2) is 4.79 Å². The zero-order valence-electron chi connectivity index (χ0n) is 23.6. The molecule has 0 aliphatic carbocycles. The lowest BCUT2D eigenvalue weighted by Crippen LogP contribution is -2.36. The van der Waals surface area contributed by atoms with Gasteiger partial charge in [0.05, 0.1) is 24.7 Å². The van der Waals surface area contributed by atoms with Gasteiger partial charge in [0.15, 0.2) is 11.5 Å². The highest BCUT2D eigenvalue weighted by Gasteiger charge is 2.30. The summed E-state index contributed by atoms with van der Waals surface area (Å²) < 4.78 is 23.2. The van der Waals surface area contributed by atoms with Crippen LogP contribution >= 0.6 is 0 Å². The molecule has 0 saturated carbocycles. The zero-order valence-corrected chi connectivity index (χ0v) is 23.6. The van der Waals surface area contributed by atoms with Crippen molar-refractivity contribution >= 4 is 12.0 Å². The highest BCUT2D eigenvalue weighted by molar-refractivity contribution is 5.94. The number of nitriles is 1. The second kappa shape index (κ2) is 13.6. The summed E-state index contributed by atoms with van der Waals surface area (Å²) in [4.78, 5) is 26.6. The van der Waals surface area contributed by atoms with Crippen molar-refractivity contribution in [2.75, 3.05) is 26.2 Å². The number of nitrogens with one attached hydrogen (secondary N) is 1. The van der Waals surface area contributed by atoms with Crippen LogP contribution in [0.5, 0.6) is 17.2 Å². The van der Waals surface area contributed by atoms with Gasteiger partial charge in [-0.2, -0.15) is 5.26 Å². The molecule has 1 atom stereocenters. The Labute approximate surface area is 240 Å². The normalized spacial score (nSPS) is 14.6. The van der Waals surface area contributed by atoms with Crippen LogP contribution in [0.3, 0.4) is 0 Å². The number of ether oxygens (including phenoxy) is 4.